The van der Waals surface area contributed by atoms with Gasteiger partial charge >= 0.3 is 12.1 Å². The van der Waals surface area contributed by atoms with E-state index in [1.54, 1.807) is 0 Å². The Hall–Kier alpha value is -1.90. The summed E-state index contributed by atoms with van der Waals surface area (Å²) >= 11 is 0. The fourth-order valence-corrected chi connectivity index (χ4v) is 1.19. The third-order valence-electron chi connectivity index (χ3n) is 2.00. The van der Waals surface area contributed by atoms with Crippen LogP contribution in [-0.2, 0) is 4.74 Å². The summed E-state index contributed by atoms with van der Waals surface area (Å²) in [7, 11) is 0. The standard InChI is InChI=1S/C10H12F3N3O3/c1-6-7(8(17)18)4-15-9(16-6)14-2-3-19-5-10(11,12)13/h4H,2-3,5H2,1H3,(H,17,18)(H,14,15,16). The molecule has 6 nitrogen and oxygen atoms in total. The number of anilines is 1. The SMILES string of the molecule is Cc1nc(NCCOCC(F)(F)F)ncc1C(=O)O. The summed E-state index contributed by atoms with van der Waals surface area (Å²) in [6.45, 7) is 0.105. The van der Waals surface area contributed by atoms with Gasteiger partial charge in [0.1, 0.15) is 6.61 Å². The largest absolute Gasteiger partial charge is 0.478 e. The number of nitrogens with one attached hydrogen (secondary N) is 1. The number of nitrogens with zero attached hydrogens (tertiary/aromatic N) is 2. The second-order valence-corrected chi connectivity index (χ2v) is 3.59. The molecule has 1 aromatic rings. The van der Waals surface area contributed by atoms with Gasteiger partial charge in [0.15, 0.2) is 0 Å². The lowest BCUT2D eigenvalue weighted by molar-refractivity contribution is -0.172. The first-order valence-electron chi connectivity index (χ1n) is 5.25. The van der Waals surface area contributed by atoms with Crippen LogP contribution >= 0.6 is 0 Å². The van der Waals surface area contributed by atoms with Gasteiger partial charge in [0.2, 0.25) is 5.95 Å². The van der Waals surface area contributed by atoms with Gasteiger partial charge in [-0.2, -0.15) is 13.2 Å². The smallest absolute Gasteiger partial charge is 0.411 e. The Kier molecular flexibility index (Phi) is 5.04. The minimum Gasteiger partial charge on any atom is -0.478 e. The second-order valence-electron chi connectivity index (χ2n) is 3.59. The van der Waals surface area contributed by atoms with E-state index in [2.05, 4.69) is 20.0 Å². The van der Waals surface area contributed by atoms with E-state index in [9.17, 15) is 18.0 Å². The van der Waals surface area contributed by atoms with Crippen molar-refractivity contribution in [3.63, 3.8) is 0 Å². The molecule has 0 radical (unpaired) electrons. The normalized spacial score (nSPS) is 11.4. The van der Waals surface area contributed by atoms with Crippen molar-refractivity contribution in [2.75, 3.05) is 25.1 Å². The third-order valence-corrected chi connectivity index (χ3v) is 2.00. The number of rotatable bonds is 6. The number of aromatic carboxylic acids is 1. The average Bonchev–Trinajstić information content (AvgIpc) is 2.26. The molecule has 0 aliphatic heterocycles. The summed E-state index contributed by atoms with van der Waals surface area (Å²) < 4.78 is 39.6. The van der Waals surface area contributed by atoms with Crippen LogP contribution in [0.2, 0.25) is 0 Å². The Balaban J connectivity index is 2.38. The molecule has 2 N–H and O–H groups in total. The quantitative estimate of drug-likeness (QED) is 0.767. The number of carboxylic acid groups (broad SMARTS) is 1. The molecule has 0 aliphatic carbocycles. The molecule has 0 aromatic carbocycles. The molecule has 1 aromatic heterocycles. The first-order valence-corrected chi connectivity index (χ1v) is 5.25. The third kappa shape index (κ3) is 5.51. The van der Waals surface area contributed by atoms with Crippen molar-refractivity contribution in [3.05, 3.63) is 17.5 Å². The first kappa shape index (κ1) is 15.2. The zero-order valence-corrected chi connectivity index (χ0v) is 9.99. The van der Waals surface area contributed by atoms with Gasteiger partial charge in [0.05, 0.1) is 17.9 Å². The van der Waals surface area contributed by atoms with Crippen molar-refractivity contribution in [3.8, 4) is 0 Å². The maximum atomic E-state index is 11.8. The first-order chi connectivity index (χ1) is 8.79. The van der Waals surface area contributed by atoms with Crippen LogP contribution in [0.3, 0.4) is 0 Å². The van der Waals surface area contributed by atoms with Crippen LogP contribution in [0, 0.1) is 6.92 Å². The predicted molar refractivity (Wildman–Crippen MR) is 59.1 cm³/mol. The molecule has 0 amide bonds. The van der Waals surface area contributed by atoms with Crippen molar-refractivity contribution in [2.24, 2.45) is 0 Å². The summed E-state index contributed by atoms with van der Waals surface area (Å²) in [4.78, 5) is 18.3. The highest BCUT2D eigenvalue weighted by atomic mass is 19.4. The number of carbonyl (C=O) groups is 1. The topological polar surface area (TPSA) is 84.3 Å². The van der Waals surface area contributed by atoms with E-state index in [0.29, 0.717) is 0 Å². The summed E-state index contributed by atoms with van der Waals surface area (Å²) in [6, 6.07) is 0. The van der Waals surface area contributed by atoms with E-state index in [1.165, 1.54) is 6.92 Å². The lowest BCUT2D eigenvalue weighted by Gasteiger charge is -2.09. The lowest BCUT2D eigenvalue weighted by atomic mass is 10.2. The zero-order chi connectivity index (χ0) is 14.5. The Morgan fingerprint density at radius 3 is 2.74 bits per heavy atom. The lowest BCUT2D eigenvalue weighted by Crippen LogP contribution is -2.20. The summed E-state index contributed by atoms with van der Waals surface area (Å²) in [5.74, 6) is -1.00. The zero-order valence-electron chi connectivity index (χ0n) is 9.99. The Bertz CT molecular complexity index is 451. The Morgan fingerprint density at radius 2 is 2.21 bits per heavy atom. The molecule has 1 heterocycles. The monoisotopic (exact) mass is 279 g/mol. The number of hydrogen-bond donors (Lipinski definition) is 2. The van der Waals surface area contributed by atoms with Crippen LogP contribution in [0.4, 0.5) is 19.1 Å². The molecule has 106 valence electrons. The van der Waals surface area contributed by atoms with E-state index in [1.807, 2.05) is 0 Å². The molecular formula is C10H12F3N3O3. The number of carboxylic acids is 1. The summed E-state index contributed by atoms with van der Waals surface area (Å²) in [6.07, 6.45) is -3.22. The molecule has 0 atom stereocenters. The van der Waals surface area contributed by atoms with Crippen LogP contribution in [0.15, 0.2) is 6.20 Å². The van der Waals surface area contributed by atoms with Crippen molar-refractivity contribution < 1.29 is 27.8 Å². The van der Waals surface area contributed by atoms with Gasteiger partial charge in [-0.1, -0.05) is 0 Å². The fraction of sp³-hybridized carbons (Fsp3) is 0.500. The molecule has 19 heavy (non-hydrogen) atoms. The van der Waals surface area contributed by atoms with Gasteiger partial charge in [-0.15, -0.1) is 0 Å². The van der Waals surface area contributed by atoms with Crippen LogP contribution < -0.4 is 5.32 Å². The molecule has 0 bridgehead atoms. The molecule has 0 saturated heterocycles. The van der Waals surface area contributed by atoms with Gasteiger partial charge in [-0.05, 0) is 6.92 Å². The van der Waals surface area contributed by atoms with Crippen LogP contribution in [0.25, 0.3) is 0 Å². The van der Waals surface area contributed by atoms with Crippen molar-refractivity contribution >= 4 is 11.9 Å². The minimum atomic E-state index is -4.35. The van der Waals surface area contributed by atoms with E-state index in [0.717, 1.165) is 6.20 Å². The molecular weight excluding hydrogens is 267 g/mol. The van der Waals surface area contributed by atoms with Gasteiger partial charge < -0.3 is 15.2 Å². The number of ether oxygens (including phenoxy) is 1. The number of hydrogen-bond acceptors (Lipinski definition) is 5. The highest BCUT2D eigenvalue weighted by molar-refractivity contribution is 5.88. The number of halogens is 3. The van der Waals surface area contributed by atoms with Gasteiger partial charge in [0.25, 0.3) is 0 Å². The van der Waals surface area contributed by atoms with Crippen LogP contribution in [0.1, 0.15) is 16.1 Å². The fourth-order valence-electron chi connectivity index (χ4n) is 1.19. The highest BCUT2D eigenvalue weighted by Crippen LogP contribution is 2.14. The summed E-state index contributed by atoms with van der Waals surface area (Å²) in [5.41, 5.74) is 0.236. The van der Waals surface area contributed by atoms with Gasteiger partial charge in [0, 0.05) is 12.7 Å². The average molecular weight is 279 g/mol. The number of alkyl halides is 3. The number of aromatic nitrogens is 2. The molecule has 1 rings (SSSR count). The molecule has 0 spiro atoms. The van der Waals surface area contributed by atoms with E-state index >= 15 is 0 Å². The van der Waals surface area contributed by atoms with Crippen LogP contribution in [-0.4, -0.2) is 47.0 Å². The maximum absolute atomic E-state index is 11.8. The molecule has 0 saturated carbocycles. The molecule has 9 heteroatoms. The van der Waals surface area contributed by atoms with Crippen LogP contribution in [0.5, 0.6) is 0 Å². The maximum Gasteiger partial charge on any atom is 0.411 e. The van der Waals surface area contributed by atoms with Crippen molar-refractivity contribution in [1.29, 1.82) is 0 Å². The minimum absolute atomic E-state index is 0.0288. The highest BCUT2D eigenvalue weighted by Gasteiger charge is 2.27. The molecule has 0 aliphatic rings. The molecule has 0 unspecified atom stereocenters. The van der Waals surface area contributed by atoms with Gasteiger partial charge in [-0.25, -0.2) is 14.8 Å². The Labute approximate surface area is 106 Å². The second kappa shape index (κ2) is 6.32. The van der Waals surface area contributed by atoms with Crippen molar-refractivity contribution in [2.45, 2.75) is 13.1 Å². The predicted octanol–water partition coefficient (Wildman–Crippen LogP) is 1.47. The van der Waals surface area contributed by atoms with E-state index in [4.69, 9.17) is 5.11 Å². The number of aryl methyl sites for hydroxylation is 1. The van der Waals surface area contributed by atoms with E-state index < -0.39 is 18.8 Å². The molecule has 0 fully saturated rings. The Morgan fingerprint density at radius 1 is 1.53 bits per heavy atom. The van der Waals surface area contributed by atoms with Gasteiger partial charge in [-0.3, -0.25) is 0 Å². The summed E-state index contributed by atoms with van der Waals surface area (Å²) in [5, 5.41) is 11.4. The van der Waals surface area contributed by atoms with Crippen molar-refractivity contribution in [1.82, 2.24) is 9.97 Å². The van der Waals surface area contributed by atoms with E-state index in [-0.39, 0.29) is 30.4 Å².